The summed E-state index contributed by atoms with van der Waals surface area (Å²) in [5, 5.41) is 3.10. The molecule has 2 atom stereocenters. The molecule has 1 aromatic carbocycles. The molecule has 1 saturated carbocycles. The number of nitrogens with one attached hydrogen (secondary N) is 1. The highest BCUT2D eigenvalue weighted by molar-refractivity contribution is 5.83. The third-order valence-electron chi connectivity index (χ3n) is 4.99. The van der Waals surface area contributed by atoms with Gasteiger partial charge in [-0.05, 0) is 24.0 Å². The van der Waals surface area contributed by atoms with Gasteiger partial charge in [0.15, 0.2) is 0 Å². The predicted molar refractivity (Wildman–Crippen MR) is 96.4 cm³/mol. The van der Waals surface area contributed by atoms with Crippen molar-refractivity contribution in [3.8, 4) is 0 Å². The van der Waals surface area contributed by atoms with Gasteiger partial charge in [-0.15, -0.1) is 0 Å². The summed E-state index contributed by atoms with van der Waals surface area (Å²) in [6, 6.07) is 14.3. The van der Waals surface area contributed by atoms with Crippen LogP contribution in [0.4, 0.5) is 5.82 Å². The fourth-order valence-corrected chi connectivity index (χ4v) is 3.49. The lowest BCUT2D eigenvalue weighted by atomic mass is 10.1. The average molecular weight is 337 g/mol. The summed E-state index contributed by atoms with van der Waals surface area (Å²) in [7, 11) is 0. The Balaban J connectivity index is 1.37. The molecule has 0 radical (unpaired) electrons. The molecule has 5 heteroatoms. The summed E-state index contributed by atoms with van der Waals surface area (Å²) in [6.45, 7) is 3.66. The van der Waals surface area contributed by atoms with Gasteiger partial charge in [0.25, 0.3) is 0 Å². The summed E-state index contributed by atoms with van der Waals surface area (Å²) < 4.78 is 5.41. The molecule has 0 spiro atoms. The molecule has 25 heavy (non-hydrogen) atoms. The maximum atomic E-state index is 12.5. The molecule has 1 N–H and O–H groups in total. The number of pyridine rings is 1. The number of nitrogens with zero attached hydrogens (tertiary/aromatic N) is 2. The molecule has 4 rings (SSSR count). The molecule has 5 nitrogen and oxygen atoms in total. The lowest BCUT2D eigenvalue weighted by molar-refractivity contribution is -0.122. The van der Waals surface area contributed by atoms with E-state index >= 15 is 0 Å². The monoisotopic (exact) mass is 337 g/mol. The van der Waals surface area contributed by atoms with Gasteiger partial charge in [0, 0.05) is 37.3 Å². The highest BCUT2D eigenvalue weighted by Crippen LogP contribution is 2.47. The second-order valence-corrected chi connectivity index (χ2v) is 6.66. The molecule has 2 unspecified atom stereocenters. The quantitative estimate of drug-likeness (QED) is 0.910. The number of ether oxygens (including phenoxy) is 1. The minimum Gasteiger partial charge on any atom is -0.378 e. The molecule has 1 amide bonds. The van der Waals surface area contributed by atoms with Crippen molar-refractivity contribution < 1.29 is 9.53 Å². The zero-order chi connectivity index (χ0) is 17.1. The number of hydrogen-bond acceptors (Lipinski definition) is 4. The van der Waals surface area contributed by atoms with Crippen LogP contribution in [0.1, 0.15) is 23.5 Å². The van der Waals surface area contributed by atoms with Gasteiger partial charge in [0.05, 0.1) is 13.2 Å². The van der Waals surface area contributed by atoms with Crippen molar-refractivity contribution >= 4 is 11.7 Å². The van der Waals surface area contributed by atoms with Gasteiger partial charge in [0.2, 0.25) is 5.91 Å². The number of morpholine rings is 1. The first-order valence-electron chi connectivity index (χ1n) is 8.92. The molecular formula is C20H23N3O2. The predicted octanol–water partition coefficient (Wildman–Crippen LogP) is 2.34. The van der Waals surface area contributed by atoms with Crippen LogP contribution in [0.3, 0.4) is 0 Å². The Bertz CT molecular complexity index is 729. The first kappa shape index (κ1) is 16.1. The maximum Gasteiger partial charge on any atom is 0.224 e. The third kappa shape index (κ3) is 3.66. The topological polar surface area (TPSA) is 54.5 Å². The van der Waals surface area contributed by atoms with E-state index in [-0.39, 0.29) is 11.8 Å². The first-order valence-corrected chi connectivity index (χ1v) is 8.92. The van der Waals surface area contributed by atoms with Crippen LogP contribution in [0, 0.1) is 5.92 Å². The number of benzene rings is 1. The Morgan fingerprint density at radius 1 is 1.16 bits per heavy atom. The number of carbonyl (C=O) groups excluding carboxylic acids is 1. The molecule has 2 aliphatic rings. The van der Waals surface area contributed by atoms with Crippen molar-refractivity contribution in [1.29, 1.82) is 0 Å². The van der Waals surface area contributed by atoms with Gasteiger partial charge in [-0.1, -0.05) is 36.4 Å². The van der Waals surface area contributed by atoms with Gasteiger partial charge in [-0.3, -0.25) is 4.79 Å². The molecule has 2 aromatic rings. The molecule has 0 bridgehead atoms. The van der Waals surface area contributed by atoms with Gasteiger partial charge in [-0.25, -0.2) is 4.98 Å². The Kier molecular flexibility index (Phi) is 4.65. The largest absolute Gasteiger partial charge is 0.378 e. The van der Waals surface area contributed by atoms with Crippen molar-refractivity contribution in [2.45, 2.75) is 18.9 Å². The zero-order valence-corrected chi connectivity index (χ0v) is 14.2. The third-order valence-corrected chi connectivity index (χ3v) is 4.99. The zero-order valence-electron chi connectivity index (χ0n) is 14.2. The highest BCUT2D eigenvalue weighted by atomic mass is 16.5. The second kappa shape index (κ2) is 7.23. The van der Waals surface area contributed by atoms with Crippen molar-refractivity contribution in [2.75, 3.05) is 31.2 Å². The van der Waals surface area contributed by atoms with Crippen LogP contribution in [-0.4, -0.2) is 37.2 Å². The Labute approximate surface area is 148 Å². The van der Waals surface area contributed by atoms with E-state index in [9.17, 15) is 4.79 Å². The smallest absolute Gasteiger partial charge is 0.224 e. The van der Waals surface area contributed by atoms with Crippen LogP contribution in [0.2, 0.25) is 0 Å². The summed E-state index contributed by atoms with van der Waals surface area (Å²) in [5.74, 6) is 1.58. The molecular weight excluding hydrogens is 314 g/mol. The fraction of sp³-hybridized carbons (Fsp3) is 0.400. The van der Waals surface area contributed by atoms with Gasteiger partial charge >= 0.3 is 0 Å². The Morgan fingerprint density at radius 3 is 2.76 bits per heavy atom. The van der Waals surface area contributed by atoms with Gasteiger partial charge < -0.3 is 15.0 Å². The second-order valence-electron chi connectivity index (χ2n) is 6.66. The average Bonchev–Trinajstić information content (AvgIpc) is 3.49. The fourth-order valence-electron chi connectivity index (χ4n) is 3.49. The lowest BCUT2D eigenvalue weighted by Gasteiger charge is -2.29. The minimum atomic E-state index is 0.103. The summed E-state index contributed by atoms with van der Waals surface area (Å²) >= 11 is 0. The summed E-state index contributed by atoms with van der Waals surface area (Å²) in [6.07, 6.45) is 2.75. The maximum absolute atomic E-state index is 12.5. The first-order chi connectivity index (χ1) is 12.3. The van der Waals surface area contributed by atoms with E-state index in [1.165, 1.54) is 5.56 Å². The standard InChI is InChI=1S/C20H23N3O2/c24-20(18-13-17(18)15-5-2-1-3-6-15)22-14-16-7-4-8-21-19(16)23-9-11-25-12-10-23/h1-8,17-18H,9-14H2,(H,22,24). The molecule has 2 heterocycles. The summed E-state index contributed by atoms with van der Waals surface area (Å²) in [4.78, 5) is 19.2. The number of anilines is 1. The normalized spacial score (nSPS) is 22.5. The van der Waals surface area contributed by atoms with Crippen molar-refractivity contribution in [2.24, 2.45) is 5.92 Å². The Hall–Kier alpha value is -2.40. The molecule has 1 aliphatic heterocycles. The number of rotatable bonds is 5. The van der Waals surface area contributed by atoms with Crippen LogP contribution < -0.4 is 10.2 Å². The molecule has 2 fully saturated rings. The van der Waals surface area contributed by atoms with Crippen LogP contribution in [-0.2, 0) is 16.1 Å². The number of hydrogen-bond donors (Lipinski definition) is 1. The van der Waals surface area contributed by atoms with E-state index in [2.05, 4.69) is 27.3 Å². The summed E-state index contributed by atoms with van der Waals surface area (Å²) in [5.41, 5.74) is 2.33. The lowest BCUT2D eigenvalue weighted by Crippen LogP contribution is -2.38. The Morgan fingerprint density at radius 2 is 1.96 bits per heavy atom. The van der Waals surface area contributed by atoms with E-state index in [1.54, 1.807) is 0 Å². The van der Waals surface area contributed by atoms with Crippen LogP contribution in [0.5, 0.6) is 0 Å². The van der Waals surface area contributed by atoms with Gasteiger partial charge in [0.1, 0.15) is 5.82 Å². The van der Waals surface area contributed by atoms with E-state index in [0.29, 0.717) is 12.5 Å². The van der Waals surface area contributed by atoms with Crippen LogP contribution in [0.15, 0.2) is 48.7 Å². The van der Waals surface area contributed by atoms with Gasteiger partial charge in [-0.2, -0.15) is 0 Å². The van der Waals surface area contributed by atoms with E-state index in [1.807, 2.05) is 36.5 Å². The minimum absolute atomic E-state index is 0.103. The van der Waals surface area contributed by atoms with Crippen LogP contribution >= 0.6 is 0 Å². The number of amides is 1. The number of aromatic nitrogens is 1. The van der Waals surface area contributed by atoms with E-state index in [0.717, 1.165) is 44.1 Å². The van der Waals surface area contributed by atoms with Crippen molar-refractivity contribution in [1.82, 2.24) is 10.3 Å². The molecule has 130 valence electrons. The SMILES string of the molecule is O=C(NCc1cccnc1N1CCOCC1)C1CC1c1ccccc1. The number of carbonyl (C=O) groups is 1. The van der Waals surface area contributed by atoms with Crippen molar-refractivity contribution in [3.63, 3.8) is 0 Å². The molecule has 1 aromatic heterocycles. The molecule has 1 saturated heterocycles. The van der Waals surface area contributed by atoms with Crippen LogP contribution in [0.25, 0.3) is 0 Å². The molecule has 1 aliphatic carbocycles. The highest BCUT2D eigenvalue weighted by Gasteiger charge is 2.43. The van der Waals surface area contributed by atoms with E-state index < -0.39 is 0 Å². The van der Waals surface area contributed by atoms with E-state index in [4.69, 9.17) is 4.74 Å². The van der Waals surface area contributed by atoms with Crippen molar-refractivity contribution in [3.05, 3.63) is 59.8 Å².